The summed E-state index contributed by atoms with van der Waals surface area (Å²) in [5.41, 5.74) is 12.7. The number of ether oxygens (including phenoxy) is 1. The Kier molecular flexibility index (Phi) is 27.2. The number of hydrogen-bond donors (Lipinski definition) is 3. The second-order valence-corrected chi connectivity index (χ2v) is 8.47. The van der Waals surface area contributed by atoms with Gasteiger partial charge in [0.1, 0.15) is 5.75 Å². The number of hydrogen-bond acceptors (Lipinski definition) is 5. The Morgan fingerprint density at radius 1 is 0.939 bits per heavy atom. The maximum absolute atomic E-state index is 11.9. The zero-order valence-electron chi connectivity index (χ0n) is 23.3. The molecule has 0 saturated carbocycles. The molecular weight excluding hydrogens is 412 g/mol. The number of nitrogens with one attached hydrogen (secondary N) is 1. The summed E-state index contributed by atoms with van der Waals surface area (Å²) in [4.78, 5) is 14.2. The predicted molar refractivity (Wildman–Crippen MR) is 146 cm³/mol. The average molecular weight is 469 g/mol. The van der Waals surface area contributed by atoms with Crippen LogP contribution in [0.5, 0.6) is 5.75 Å². The van der Waals surface area contributed by atoms with Crippen molar-refractivity contribution in [1.29, 1.82) is 0 Å². The van der Waals surface area contributed by atoms with Gasteiger partial charge in [0.2, 0.25) is 0 Å². The highest BCUT2D eigenvalue weighted by molar-refractivity contribution is 5.77. The third-order valence-corrected chi connectivity index (χ3v) is 4.10. The van der Waals surface area contributed by atoms with Gasteiger partial charge in [0.15, 0.2) is 6.61 Å². The molecule has 0 aliphatic carbocycles. The standard InChI is InChI=1S/C20H36N4O2.C3H8.2C2H6/c1-20(2,3)9-13-24(14-11-22)15-12-23-19(25)16-26-18-6-4-17(5-7-18)8-10-21;1-3-2;2*1-2/h4-7H,8-16,21-22H2,1-3H3,(H,23,25);3H2,1-2H3;2*1-2H3. The Balaban J connectivity index is -0.00000115. The highest BCUT2D eigenvalue weighted by Gasteiger charge is 2.13. The fourth-order valence-corrected chi connectivity index (χ4v) is 2.48. The van der Waals surface area contributed by atoms with Crippen LogP contribution in [-0.2, 0) is 11.2 Å². The van der Waals surface area contributed by atoms with Crippen LogP contribution in [0.25, 0.3) is 0 Å². The number of benzene rings is 1. The van der Waals surface area contributed by atoms with Gasteiger partial charge in [-0.1, -0.05) is 80.9 Å². The Labute approximate surface area is 205 Å². The first-order chi connectivity index (χ1) is 15.8. The van der Waals surface area contributed by atoms with Crippen molar-refractivity contribution in [2.75, 3.05) is 45.9 Å². The molecule has 33 heavy (non-hydrogen) atoms. The molecule has 0 fully saturated rings. The molecule has 0 saturated heterocycles. The van der Waals surface area contributed by atoms with Gasteiger partial charge in [0.05, 0.1) is 0 Å². The first-order valence-corrected chi connectivity index (χ1v) is 12.9. The van der Waals surface area contributed by atoms with Crippen molar-refractivity contribution >= 4 is 5.91 Å². The summed E-state index contributed by atoms with van der Waals surface area (Å²) in [6.45, 7) is 23.4. The number of amides is 1. The van der Waals surface area contributed by atoms with E-state index in [1.54, 1.807) is 0 Å². The van der Waals surface area contributed by atoms with E-state index in [-0.39, 0.29) is 12.5 Å². The van der Waals surface area contributed by atoms with Crippen molar-refractivity contribution in [2.45, 2.75) is 81.6 Å². The number of rotatable bonds is 12. The first-order valence-electron chi connectivity index (χ1n) is 12.9. The largest absolute Gasteiger partial charge is 0.484 e. The Bertz CT molecular complexity index is 528. The fraction of sp³-hybridized carbons (Fsp3) is 0.741. The van der Waals surface area contributed by atoms with Crippen LogP contribution in [-0.4, -0.2) is 56.7 Å². The minimum Gasteiger partial charge on any atom is -0.484 e. The molecule has 6 heteroatoms. The van der Waals surface area contributed by atoms with E-state index in [1.165, 1.54) is 12.0 Å². The van der Waals surface area contributed by atoms with E-state index >= 15 is 0 Å². The maximum atomic E-state index is 11.9. The van der Waals surface area contributed by atoms with E-state index in [9.17, 15) is 4.79 Å². The lowest BCUT2D eigenvalue weighted by Crippen LogP contribution is -2.40. The highest BCUT2D eigenvalue weighted by atomic mass is 16.5. The molecule has 0 heterocycles. The van der Waals surface area contributed by atoms with Crippen molar-refractivity contribution in [3.63, 3.8) is 0 Å². The summed E-state index contributed by atoms with van der Waals surface area (Å²) in [6.07, 6.45) is 3.19. The predicted octanol–water partition coefficient (Wildman–Crippen LogP) is 4.85. The van der Waals surface area contributed by atoms with Crippen molar-refractivity contribution in [3.8, 4) is 5.75 Å². The highest BCUT2D eigenvalue weighted by Crippen LogP contribution is 2.18. The van der Waals surface area contributed by atoms with E-state index in [0.29, 0.717) is 30.8 Å². The van der Waals surface area contributed by atoms with E-state index in [4.69, 9.17) is 16.2 Å². The smallest absolute Gasteiger partial charge is 0.257 e. The van der Waals surface area contributed by atoms with Gasteiger partial charge in [-0.05, 0) is 49.0 Å². The van der Waals surface area contributed by atoms with Crippen LogP contribution >= 0.6 is 0 Å². The molecule has 0 spiro atoms. The van der Waals surface area contributed by atoms with Crippen LogP contribution < -0.4 is 21.5 Å². The summed E-state index contributed by atoms with van der Waals surface area (Å²) in [5, 5.41) is 2.91. The van der Waals surface area contributed by atoms with Gasteiger partial charge in [0.25, 0.3) is 5.91 Å². The number of carbonyl (C=O) groups excluding carboxylic acids is 1. The van der Waals surface area contributed by atoms with Crippen molar-refractivity contribution in [3.05, 3.63) is 29.8 Å². The van der Waals surface area contributed by atoms with Gasteiger partial charge in [-0.15, -0.1) is 0 Å². The van der Waals surface area contributed by atoms with Gasteiger partial charge < -0.3 is 26.4 Å². The molecule has 0 radical (unpaired) electrons. The van der Waals surface area contributed by atoms with Crippen LogP contribution in [0.1, 0.15) is 80.7 Å². The molecule has 0 atom stereocenters. The average Bonchev–Trinajstić information content (AvgIpc) is 2.80. The summed E-state index contributed by atoms with van der Waals surface area (Å²) < 4.78 is 5.52. The van der Waals surface area contributed by atoms with E-state index in [0.717, 1.165) is 32.5 Å². The van der Waals surface area contributed by atoms with Gasteiger partial charge in [-0.25, -0.2) is 0 Å². The number of nitrogens with zero attached hydrogens (tertiary/aromatic N) is 1. The van der Waals surface area contributed by atoms with Gasteiger partial charge in [-0.2, -0.15) is 0 Å². The maximum Gasteiger partial charge on any atom is 0.257 e. The lowest BCUT2D eigenvalue weighted by Gasteiger charge is -2.26. The number of nitrogens with two attached hydrogens (primary N) is 2. The zero-order chi connectivity index (χ0) is 26.1. The topological polar surface area (TPSA) is 93.6 Å². The molecule has 1 aromatic rings. The monoisotopic (exact) mass is 468 g/mol. The SMILES string of the molecule is CC.CC.CC(C)(C)CCN(CCN)CCNC(=O)COc1ccc(CCN)cc1.CCC. The molecule has 196 valence electrons. The van der Waals surface area contributed by atoms with Crippen molar-refractivity contribution < 1.29 is 9.53 Å². The minimum absolute atomic E-state index is 0.0229. The third kappa shape index (κ3) is 24.8. The summed E-state index contributed by atoms with van der Waals surface area (Å²) >= 11 is 0. The van der Waals surface area contributed by atoms with Crippen LogP contribution in [0.3, 0.4) is 0 Å². The zero-order valence-corrected chi connectivity index (χ0v) is 23.3. The lowest BCUT2D eigenvalue weighted by molar-refractivity contribution is -0.123. The first kappa shape index (κ1) is 35.9. The summed E-state index contributed by atoms with van der Waals surface area (Å²) in [7, 11) is 0. The van der Waals surface area contributed by atoms with Crippen LogP contribution in [0.2, 0.25) is 0 Å². The summed E-state index contributed by atoms with van der Waals surface area (Å²) in [6, 6.07) is 7.68. The van der Waals surface area contributed by atoms with Gasteiger partial charge >= 0.3 is 0 Å². The van der Waals surface area contributed by atoms with Crippen LogP contribution in [0, 0.1) is 5.41 Å². The van der Waals surface area contributed by atoms with Crippen molar-refractivity contribution in [2.24, 2.45) is 16.9 Å². The van der Waals surface area contributed by atoms with Crippen LogP contribution in [0.15, 0.2) is 24.3 Å². The third-order valence-electron chi connectivity index (χ3n) is 4.10. The molecule has 0 unspecified atom stereocenters. The molecule has 0 aliphatic rings. The summed E-state index contributed by atoms with van der Waals surface area (Å²) in [5.74, 6) is 0.579. The second kappa shape index (κ2) is 25.0. The molecule has 6 nitrogen and oxygen atoms in total. The number of carbonyl (C=O) groups is 1. The quantitative estimate of drug-likeness (QED) is 0.408. The van der Waals surface area contributed by atoms with Gasteiger partial charge in [-0.3, -0.25) is 4.79 Å². The van der Waals surface area contributed by atoms with E-state index in [1.807, 2.05) is 52.0 Å². The van der Waals surface area contributed by atoms with E-state index < -0.39 is 0 Å². The molecule has 5 N–H and O–H groups in total. The molecule has 0 aliphatic heterocycles. The normalized spacial score (nSPS) is 10.1. The molecule has 1 aromatic carbocycles. The Morgan fingerprint density at radius 3 is 1.94 bits per heavy atom. The minimum atomic E-state index is -0.112. The molecule has 0 bridgehead atoms. The Morgan fingerprint density at radius 2 is 1.48 bits per heavy atom. The molecule has 1 amide bonds. The van der Waals surface area contributed by atoms with Gasteiger partial charge in [0, 0.05) is 26.2 Å². The van der Waals surface area contributed by atoms with Crippen molar-refractivity contribution in [1.82, 2.24) is 10.2 Å². The second-order valence-electron chi connectivity index (χ2n) is 8.47. The molecule has 0 aromatic heterocycles. The van der Waals surface area contributed by atoms with Crippen LogP contribution in [0.4, 0.5) is 0 Å². The fourth-order valence-electron chi connectivity index (χ4n) is 2.48. The lowest BCUT2D eigenvalue weighted by atomic mass is 9.92. The molecular formula is C27H56N4O2. The van der Waals surface area contributed by atoms with E-state index in [2.05, 4.69) is 44.8 Å². The molecule has 1 rings (SSSR count). The Hall–Kier alpha value is -1.63.